The maximum Gasteiger partial charge on any atom is 0.185 e. The molecule has 0 atom stereocenters. The Morgan fingerprint density at radius 3 is 2.89 bits per heavy atom. The number of thioether (sulfide) groups is 1. The molecule has 3 rings (SSSR count). The second kappa shape index (κ2) is 4.74. The van der Waals surface area contributed by atoms with Gasteiger partial charge in [0.05, 0.1) is 10.8 Å². The standard InChI is InChI=1S/C14H11NO2S/c16-8-11-5-6-12(17-11)9-18-14-7-10-3-1-2-4-13(10)15-14/h1-8,15H,9H2. The van der Waals surface area contributed by atoms with Crippen LogP contribution in [0.5, 0.6) is 0 Å². The SMILES string of the molecule is O=Cc1ccc(CSc2cc3ccccc3[nH]2)o1. The van der Waals surface area contributed by atoms with Gasteiger partial charge in [-0.2, -0.15) is 0 Å². The Balaban J connectivity index is 1.74. The Labute approximate surface area is 108 Å². The van der Waals surface area contributed by atoms with Crippen LogP contribution < -0.4 is 0 Å². The smallest absolute Gasteiger partial charge is 0.185 e. The molecule has 0 fully saturated rings. The minimum atomic E-state index is 0.377. The molecule has 4 heteroatoms. The van der Waals surface area contributed by atoms with Gasteiger partial charge >= 0.3 is 0 Å². The molecule has 90 valence electrons. The van der Waals surface area contributed by atoms with E-state index in [1.54, 1.807) is 17.8 Å². The van der Waals surface area contributed by atoms with Crippen molar-refractivity contribution in [1.29, 1.82) is 0 Å². The third kappa shape index (κ3) is 2.19. The average molecular weight is 257 g/mol. The molecule has 0 saturated carbocycles. The Bertz CT molecular complexity index is 651. The lowest BCUT2D eigenvalue weighted by molar-refractivity contribution is 0.109. The highest BCUT2D eigenvalue weighted by Crippen LogP contribution is 2.26. The van der Waals surface area contributed by atoms with Crippen LogP contribution in [0.3, 0.4) is 0 Å². The lowest BCUT2D eigenvalue weighted by Crippen LogP contribution is -1.76. The largest absolute Gasteiger partial charge is 0.457 e. The van der Waals surface area contributed by atoms with Gasteiger partial charge in [0.2, 0.25) is 0 Å². The molecule has 0 aliphatic heterocycles. The third-order valence-corrected chi connectivity index (χ3v) is 3.63. The van der Waals surface area contributed by atoms with E-state index in [1.165, 1.54) is 5.39 Å². The molecule has 0 radical (unpaired) electrons. The molecular formula is C14H11NO2S. The van der Waals surface area contributed by atoms with Crippen LogP contribution in [0.25, 0.3) is 10.9 Å². The van der Waals surface area contributed by atoms with Crippen LogP contribution in [0.4, 0.5) is 0 Å². The molecule has 3 nitrogen and oxygen atoms in total. The summed E-state index contributed by atoms with van der Waals surface area (Å²) in [6.07, 6.45) is 0.719. The average Bonchev–Trinajstić information content (AvgIpc) is 3.02. The molecule has 0 aliphatic carbocycles. The van der Waals surface area contributed by atoms with Gasteiger partial charge in [-0.1, -0.05) is 18.2 Å². The van der Waals surface area contributed by atoms with E-state index < -0.39 is 0 Å². The number of carbonyl (C=O) groups is 1. The number of aromatic amines is 1. The molecule has 0 aliphatic rings. The fourth-order valence-corrected chi connectivity index (χ4v) is 2.65. The van der Waals surface area contributed by atoms with E-state index in [9.17, 15) is 4.79 Å². The van der Waals surface area contributed by atoms with Crippen LogP contribution in [0.1, 0.15) is 16.3 Å². The zero-order valence-electron chi connectivity index (χ0n) is 9.55. The first-order valence-electron chi connectivity index (χ1n) is 5.59. The van der Waals surface area contributed by atoms with Crippen LogP contribution >= 0.6 is 11.8 Å². The summed E-state index contributed by atoms with van der Waals surface area (Å²) in [7, 11) is 0. The first-order chi connectivity index (χ1) is 8.85. The van der Waals surface area contributed by atoms with Crippen LogP contribution in [-0.2, 0) is 5.75 Å². The zero-order chi connectivity index (χ0) is 12.4. The summed E-state index contributed by atoms with van der Waals surface area (Å²) >= 11 is 1.66. The fraction of sp³-hybridized carbons (Fsp3) is 0.0714. The van der Waals surface area contributed by atoms with Crippen LogP contribution in [0.15, 0.2) is 51.9 Å². The highest BCUT2D eigenvalue weighted by molar-refractivity contribution is 7.98. The Kier molecular flexibility index (Phi) is 2.94. The predicted octanol–water partition coefficient (Wildman–Crippen LogP) is 3.87. The first-order valence-corrected chi connectivity index (χ1v) is 6.58. The summed E-state index contributed by atoms with van der Waals surface area (Å²) in [5, 5.41) is 2.30. The summed E-state index contributed by atoms with van der Waals surface area (Å²) in [6.45, 7) is 0. The maximum absolute atomic E-state index is 10.5. The molecule has 2 aromatic heterocycles. The second-order valence-electron chi connectivity index (χ2n) is 3.93. The van der Waals surface area contributed by atoms with E-state index in [1.807, 2.05) is 18.2 Å². The number of rotatable bonds is 4. The number of carbonyl (C=O) groups excluding carboxylic acids is 1. The molecule has 0 bridgehead atoms. The topological polar surface area (TPSA) is 46.0 Å². The van der Waals surface area contributed by atoms with Gasteiger partial charge < -0.3 is 9.40 Å². The highest BCUT2D eigenvalue weighted by atomic mass is 32.2. The van der Waals surface area contributed by atoms with E-state index in [-0.39, 0.29) is 0 Å². The van der Waals surface area contributed by atoms with E-state index in [4.69, 9.17) is 4.42 Å². The van der Waals surface area contributed by atoms with E-state index in [2.05, 4.69) is 23.2 Å². The van der Waals surface area contributed by atoms with Gasteiger partial charge in [0, 0.05) is 10.9 Å². The number of para-hydroxylation sites is 1. The summed E-state index contributed by atoms with van der Waals surface area (Å²) < 4.78 is 5.33. The van der Waals surface area contributed by atoms with Crippen LogP contribution in [0.2, 0.25) is 0 Å². The Hall–Kier alpha value is -1.94. The second-order valence-corrected chi connectivity index (χ2v) is 4.95. The number of benzene rings is 1. The molecule has 2 heterocycles. The predicted molar refractivity (Wildman–Crippen MR) is 72.0 cm³/mol. The Morgan fingerprint density at radius 1 is 1.22 bits per heavy atom. The van der Waals surface area contributed by atoms with E-state index in [0.29, 0.717) is 11.5 Å². The van der Waals surface area contributed by atoms with Gasteiger partial charge in [-0.3, -0.25) is 4.79 Å². The van der Waals surface area contributed by atoms with Gasteiger partial charge in [-0.05, 0) is 24.3 Å². The molecule has 18 heavy (non-hydrogen) atoms. The summed E-state index contributed by atoms with van der Waals surface area (Å²) in [5.74, 6) is 1.89. The molecule has 3 aromatic rings. The summed E-state index contributed by atoms with van der Waals surface area (Å²) in [6, 6.07) is 13.8. The van der Waals surface area contributed by atoms with Crippen molar-refractivity contribution in [2.75, 3.05) is 0 Å². The number of furan rings is 1. The number of aromatic nitrogens is 1. The highest BCUT2D eigenvalue weighted by Gasteiger charge is 2.04. The van der Waals surface area contributed by atoms with E-state index in [0.717, 1.165) is 22.6 Å². The number of hydrogen-bond donors (Lipinski definition) is 1. The van der Waals surface area contributed by atoms with Crippen molar-refractivity contribution in [2.24, 2.45) is 0 Å². The molecule has 0 unspecified atom stereocenters. The number of fused-ring (bicyclic) bond motifs is 1. The van der Waals surface area contributed by atoms with Crippen molar-refractivity contribution in [2.45, 2.75) is 10.8 Å². The van der Waals surface area contributed by atoms with Crippen molar-refractivity contribution < 1.29 is 9.21 Å². The van der Waals surface area contributed by atoms with Crippen molar-refractivity contribution in [3.63, 3.8) is 0 Å². The van der Waals surface area contributed by atoms with Gasteiger partial charge in [0.15, 0.2) is 12.0 Å². The van der Waals surface area contributed by atoms with Crippen molar-refractivity contribution in [1.82, 2.24) is 4.98 Å². The van der Waals surface area contributed by atoms with Crippen molar-refractivity contribution in [3.05, 3.63) is 54.0 Å². The monoisotopic (exact) mass is 257 g/mol. The normalized spacial score (nSPS) is 10.9. The molecular weight excluding hydrogens is 246 g/mol. The van der Waals surface area contributed by atoms with Crippen molar-refractivity contribution >= 4 is 29.0 Å². The van der Waals surface area contributed by atoms with Gasteiger partial charge in [-0.15, -0.1) is 11.8 Å². The molecule has 0 spiro atoms. The van der Waals surface area contributed by atoms with Crippen molar-refractivity contribution in [3.8, 4) is 0 Å². The fourth-order valence-electron chi connectivity index (χ4n) is 1.81. The first kappa shape index (κ1) is 11.2. The van der Waals surface area contributed by atoms with Crippen LogP contribution in [0, 0.1) is 0 Å². The molecule has 1 aromatic carbocycles. The van der Waals surface area contributed by atoms with E-state index >= 15 is 0 Å². The number of nitrogens with one attached hydrogen (secondary N) is 1. The lowest BCUT2D eigenvalue weighted by atomic mass is 10.3. The zero-order valence-corrected chi connectivity index (χ0v) is 10.4. The number of H-pyrrole nitrogens is 1. The molecule has 0 amide bonds. The minimum absolute atomic E-state index is 0.377. The maximum atomic E-state index is 10.5. The van der Waals surface area contributed by atoms with Gasteiger partial charge in [-0.25, -0.2) is 0 Å². The minimum Gasteiger partial charge on any atom is -0.457 e. The number of aldehydes is 1. The third-order valence-electron chi connectivity index (χ3n) is 2.67. The molecule has 1 N–H and O–H groups in total. The van der Waals surface area contributed by atoms with Crippen LogP contribution in [-0.4, -0.2) is 11.3 Å². The molecule has 0 saturated heterocycles. The Morgan fingerprint density at radius 2 is 2.11 bits per heavy atom. The van der Waals surface area contributed by atoms with Gasteiger partial charge in [0.25, 0.3) is 0 Å². The summed E-state index contributed by atoms with van der Waals surface area (Å²) in [4.78, 5) is 13.8. The lowest BCUT2D eigenvalue weighted by Gasteiger charge is -1.94. The quantitative estimate of drug-likeness (QED) is 0.570. The number of hydrogen-bond acceptors (Lipinski definition) is 3. The summed E-state index contributed by atoms with van der Waals surface area (Å²) in [5.41, 5.74) is 1.13. The van der Waals surface area contributed by atoms with Gasteiger partial charge in [0.1, 0.15) is 5.76 Å².